The SMILES string of the molecule is CC(N)C1CCCCN1C(=O)CCc1cccc([N+](=O)[O-])c1.Cl. The maximum Gasteiger partial charge on any atom is 0.269 e. The van der Waals surface area contributed by atoms with Crippen molar-refractivity contribution >= 4 is 24.0 Å². The molecule has 1 aliphatic heterocycles. The van der Waals surface area contributed by atoms with Crippen LogP contribution in [0.2, 0.25) is 0 Å². The zero-order valence-corrected chi connectivity index (χ0v) is 14.1. The minimum absolute atomic E-state index is 0. The fourth-order valence-corrected chi connectivity index (χ4v) is 3.03. The van der Waals surface area contributed by atoms with Crippen LogP contribution in [0.15, 0.2) is 24.3 Å². The van der Waals surface area contributed by atoms with Gasteiger partial charge in [0.25, 0.3) is 5.69 Å². The number of nitrogens with two attached hydrogens (primary N) is 1. The van der Waals surface area contributed by atoms with Crippen molar-refractivity contribution in [2.24, 2.45) is 5.73 Å². The second kappa shape index (κ2) is 8.84. The highest BCUT2D eigenvalue weighted by atomic mass is 35.5. The summed E-state index contributed by atoms with van der Waals surface area (Å²) >= 11 is 0. The van der Waals surface area contributed by atoms with Gasteiger partial charge in [-0.1, -0.05) is 12.1 Å². The van der Waals surface area contributed by atoms with Gasteiger partial charge in [0.1, 0.15) is 0 Å². The molecule has 1 amide bonds. The molecular formula is C16H24ClN3O3. The van der Waals surface area contributed by atoms with Crippen LogP contribution in [0.3, 0.4) is 0 Å². The van der Waals surface area contributed by atoms with Gasteiger partial charge < -0.3 is 10.6 Å². The van der Waals surface area contributed by atoms with Gasteiger partial charge in [-0.05, 0) is 38.2 Å². The average Bonchev–Trinajstić information content (AvgIpc) is 2.52. The number of halogens is 1. The zero-order chi connectivity index (χ0) is 16.1. The number of amides is 1. The molecule has 7 heteroatoms. The van der Waals surface area contributed by atoms with Gasteiger partial charge in [-0.15, -0.1) is 12.4 Å². The second-order valence-corrected chi connectivity index (χ2v) is 5.94. The van der Waals surface area contributed by atoms with E-state index in [0.717, 1.165) is 31.4 Å². The van der Waals surface area contributed by atoms with Gasteiger partial charge in [-0.2, -0.15) is 0 Å². The van der Waals surface area contributed by atoms with Crippen molar-refractivity contribution in [3.8, 4) is 0 Å². The molecule has 0 radical (unpaired) electrons. The average molecular weight is 342 g/mol. The number of nitro benzene ring substituents is 1. The summed E-state index contributed by atoms with van der Waals surface area (Å²) in [7, 11) is 0. The van der Waals surface area contributed by atoms with Gasteiger partial charge in [-0.25, -0.2) is 0 Å². The summed E-state index contributed by atoms with van der Waals surface area (Å²) < 4.78 is 0. The molecule has 6 nitrogen and oxygen atoms in total. The fraction of sp³-hybridized carbons (Fsp3) is 0.562. The number of hydrogen-bond acceptors (Lipinski definition) is 4. The minimum atomic E-state index is -0.415. The predicted octanol–water partition coefficient (Wildman–Crippen LogP) is 2.68. The first-order valence-corrected chi connectivity index (χ1v) is 7.77. The number of carbonyl (C=O) groups excluding carboxylic acids is 1. The van der Waals surface area contributed by atoms with Crippen LogP contribution in [0, 0.1) is 10.1 Å². The van der Waals surface area contributed by atoms with Crippen molar-refractivity contribution in [1.82, 2.24) is 4.90 Å². The van der Waals surface area contributed by atoms with Crippen molar-refractivity contribution in [3.63, 3.8) is 0 Å². The third-order valence-electron chi connectivity index (χ3n) is 4.23. The number of nitrogens with zero attached hydrogens (tertiary/aromatic N) is 2. The van der Waals surface area contributed by atoms with Crippen LogP contribution in [0.5, 0.6) is 0 Å². The van der Waals surface area contributed by atoms with Crippen LogP contribution in [0.25, 0.3) is 0 Å². The first-order valence-electron chi connectivity index (χ1n) is 7.77. The summed E-state index contributed by atoms with van der Waals surface area (Å²) in [6.07, 6.45) is 3.97. The molecule has 1 aliphatic rings. The first-order chi connectivity index (χ1) is 10.5. The van der Waals surface area contributed by atoms with E-state index in [-0.39, 0.29) is 36.1 Å². The number of non-ortho nitro benzene ring substituents is 1. The maximum atomic E-state index is 12.4. The zero-order valence-electron chi connectivity index (χ0n) is 13.3. The number of aryl methyl sites for hydroxylation is 1. The van der Waals surface area contributed by atoms with Gasteiger partial charge in [-0.3, -0.25) is 14.9 Å². The number of benzene rings is 1. The van der Waals surface area contributed by atoms with Crippen LogP contribution in [-0.4, -0.2) is 34.4 Å². The lowest BCUT2D eigenvalue weighted by molar-refractivity contribution is -0.384. The number of carbonyl (C=O) groups is 1. The van der Waals surface area contributed by atoms with E-state index in [4.69, 9.17) is 5.73 Å². The van der Waals surface area contributed by atoms with Crippen LogP contribution in [0.4, 0.5) is 5.69 Å². The summed E-state index contributed by atoms with van der Waals surface area (Å²) in [6, 6.07) is 6.56. The van der Waals surface area contributed by atoms with Gasteiger partial charge in [0.05, 0.1) is 4.92 Å². The van der Waals surface area contributed by atoms with E-state index in [2.05, 4.69) is 0 Å². The van der Waals surface area contributed by atoms with E-state index in [0.29, 0.717) is 12.8 Å². The van der Waals surface area contributed by atoms with E-state index in [9.17, 15) is 14.9 Å². The highest BCUT2D eigenvalue weighted by Crippen LogP contribution is 2.21. The normalized spacial score (nSPS) is 18.9. The number of nitro groups is 1. The van der Waals surface area contributed by atoms with Crippen molar-refractivity contribution < 1.29 is 9.72 Å². The smallest absolute Gasteiger partial charge is 0.269 e. The molecular weight excluding hydrogens is 318 g/mol. The van der Waals surface area contributed by atoms with Crippen LogP contribution in [0.1, 0.15) is 38.2 Å². The fourth-order valence-electron chi connectivity index (χ4n) is 3.03. The Bertz CT molecular complexity index is 551. The van der Waals surface area contributed by atoms with Crippen molar-refractivity contribution in [2.45, 2.75) is 51.1 Å². The molecule has 23 heavy (non-hydrogen) atoms. The molecule has 0 aromatic heterocycles. The first kappa shape index (κ1) is 19.4. The van der Waals surface area contributed by atoms with Gasteiger partial charge in [0.15, 0.2) is 0 Å². The largest absolute Gasteiger partial charge is 0.338 e. The van der Waals surface area contributed by atoms with E-state index in [1.54, 1.807) is 6.07 Å². The topological polar surface area (TPSA) is 89.5 Å². The van der Waals surface area contributed by atoms with E-state index >= 15 is 0 Å². The summed E-state index contributed by atoms with van der Waals surface area (Å²) in [4.78, 5) is 24.7. The lowest BCUT2D eigenvalue weighted by Gasteiger charge is -2.38. The molecule has 2 N–H and O–H groups in total. The third-order valence-corrected chi connectivity index (χ3v) is 4.23. The van der Waals surface area contributed by atoms with Gasteiger partial charge in [0.2, 0.25) is 5.91 Å². The second-order valence-electron chi connectivity index (χ2n) is 5.94. The molecule has 1 aromatic rings. The molecule has 2 unspecified atom stereocenters. The highest BCUT2D eigenvalue weighted by Gasteiger charge is 2.28. The van der Waals surface area contributed by atoms with Crippen LogP contribution < -0.4 is 5.73 Å². The van der Waals surface area contributed by atoms with Crippen molar-refractivity contribution in [3.05, 3.63) is 39.9 Å². The lowest BCUT2D eigenvalue weighted by atomic mass is 9.96. The lowest BCUT2D eigenvalue weighted by Crippen LogP contribution is -2.51. The summed E-state index contributed by atoms with van der Waals surface area (Å²) in [5.41, 5.74) is 6.87. The third kappa shape index (κ3) is 5.18. The van der Waals surface area contributed by atoms with E-state index < -0.39 is 4.92 Å². The van der Waals surface area contributed by atoms with Crippen molar-refractivity contribution in [1.29, 1.82) is 0 Å². The molecule has 128 valence electrons. The molecule has 1 fully saturated rings. The predicted molar refractivity (Wildman–Crippen MR) is 91.7 cm³/mol. The summed E-state index contributed by atoms with van der Waals surface area (Å²) in [5.74, 6) is 0.0912. The van der Waals surface area contributed by atoms with Gasteiger partial charge >= 0.3 is 0 Å². The van der Waals surface area contributed by atoms with Crippen LogP contribution in [-0.2, 0) is 11.2 Å². The molecule has 1 aromatic carbocycles. The highest BCUT2D eigenvalue weighted by molar-refractivity contribution is 5.85. The Morgan fingerprint density at radius 2 is 2.22 bits per heavy atom. The Morgan fingerprint density at radius 3 is 2.87 bits per heavy atom. The minimum Gasteiger partial charge on any atom is -0.338 e. The molecule has 0 bridgehead atoms. The molecule has 0 spiro atoms. The van der Waals surface area contributed by atoms with Crippen LogP contribution >= 0.6 is 12.4 Å². The number of rotatable bonds is 5. The molecule has 2 rings (SSSR count). The Kier molecular flexibility index (Phi) is 7.45. The molecule has 0 saturated carbocycles. The summed E-state index contributed by atoms with van der Waals surface area (Å²) in [5, 5.41) is 10.8. The molecule has 2 atom stereocenters. The van der Waals surface area contributed by atoms with Crippen molar-refractivity contribution in [2.75, 3.05) is 6.54 Å². The monoisotopic (exact) mass is 341 g/mol. The summed E-state index contributed by atoms with van der Waals surface area (Å²) in [6.45, 7) is 2.71. The van der Waals surface area contributed by atoms with E-state index in [1.165, 1.54) is 12.1 Å². The van der Waals surface area contributed by atoms with Gasteiger partial charge in [0, 0.05) is 37.2 Å². The Balaban J connectivity index is 0.00000264. The quantitative estimate of drug-likeness (QED) is 0.658. The Morgan fingerprint density at radius 1 is 1.48 bits per heavy atom. The molecule has 1 saturated heterocycles. The number of piperidine rings is 1. The number of hydrogen-bond donors (Lipinski definition) is 1. The Hall–Kier alpha value is -1.66. The molecule has 0 aliphatic carbocycles. The number of likely N-dealkylation sites (tertiary alicyclic amines) is 1. The molecule has 1 heterocycles. The standard InChI is InChI=1S/C16H23N3O3.ClH/c1-12(17)15-7-2-3-10-18(15)16(20)9-8-13-5-4-6-14(11-13)19(21)22;/h4-6,11-12,15H,2-3,7-10,17H2,1H3;1H. The Labute approximate surface area is 142 Å². The van der Waals surface area contributed by atoms with E-state index in [1.807, 2.05) is 17.9 Å². The maximum absolute atomic E-state index is 12.4.